The van der Waals surface area contributed by atoms with Crippen LogP contribution in [0.15, 0.2) is 18.2 Å². The summed E-state index contributed by atoms with van der Waals surface area (Å²) in [4.78, 5) is 10.0. The van der Waals surface area contributed by atoms with Gasteiger partial charge in [-0.3, -0.25) is 0 Å². The van der Waals surface area contributed by atoms with E-state index < -0.39 is 0 Å². The Morgan fingerprint density at radius 3 is 2.94 bits per heavy atom. The number of imidazole rings is 1. The predicted molar refractivity (Wildman–Crippen MR) is 71.1 cm³/mol. The molecule has 2 N–H and O–H groups in total. The summed E-state index contributed by atoms with van der Waals surface area (Å²) in [7, 11) is 4.15. The van der Waals surface area contributed by atoms with Crippen LogP contribution in [0.1, 0.15) is 11.4 Å². The van der Waals surface area contributed by atoms with Crippen LogP contribution in [-0.2, 0) is 6.54 Å². The summed E-state index contributed by atoms with van der Waals surface area (Å²) in [6.07, 6.45) is 0. The Kier molecular flexibility index (Phi) is 3.76. The van der Waals surface area contributed by atoms with Gasteiger partial charge in [-0.2, -0.15) is 0 Å². The van der Waals surface area contributed by atoms with E-state index >= 15 is 0 Å². The van der Waals surface area contributed by atoms with E-state index in [0.29, 0.717) is 0 Å². The molecule has 1 aromatic heterocycles. The van der Waals surface area contributed by atoms with Crippen LogP contribution < -0.4 is 5.32 Å². The van der Waals surface area contributed by atoms with Crippen molar-refractivity contribution >= 4 is 11.0 Å². The van der Waals surface area contributed by atoms with Crippen molar-refractivity contribution in [2.75, 3.05) is 27.2 Å². The minimum atomic E-state index is 0.793. The molecule has 0 unspecified atom stereocenters. The quantitative estimate of drug-likeness (QED) is 0.768. The molecule has 2 rings (SSSR count). The first-order chi connectivity index (χ1) is 8.15. The second-order valence-electron chi connectivity index (χ2n) is 4.68. The number of hydrogen-bond donors (Lipinski definition) is 2. The number of benzene rings is 1. The van der Waals surface area contributed by atoms with Gasteiger partial charge in [-0.1, -0.05) is 6.07 Å². The smallest absolute Gasteiger partial charge is 0.121 e. The number of fused-ring (bicyclic) bond motifs is 1. The van der Waals surface area contributed by atoms with Crippen LogP contribution in [0.4, 0.5) is 0 Å². The van der Waals surface area contributed by atoms with Crippen LogP contribution >= 0.6 is 0 Å². The molecule has 2 aromatic rings. The average Bonchev–Trinajstić information content (AvgIpc) is 2.66. The minimum Gasteiger partial charge on any atom is -0.341 e. The SMILES string of the molecule is Cc1ccc2nc(CNCCN(C)C)[nH]c2c1. The van der Waals surface area contributed by atoms with E-state index in [1.165, 1.54) is 5.56 Å². The first-order valence-electron chi connectivity index (χ1n) is 5.96. The molecule has 0 saturated carbocycles. The zero-order chi connectivity index (χ0) is 12.3. The molecule has 0 amide bonds. The van der Waals surface area contributed by atoms with Crippen molar-refractivity contribution in [2.45, 2.75) is 13.5 Å². The zero-order valence-corrected chi connectivity index (χ0v) is 10.7. The summed E-state index contributed by atoms with van der Waals surface area (Å²) < 4.78 is 0. The monoisotopic (exact) mass is 232 g/mol. The number of likely N-dealkylation sites (N-methyl/N-ethyl adjacent to an activating group) is 1. The van der Waals surface area contributed by atoms with Gasteiger partial charge >= 0.3 is 0 Å². The van der Waals surface area contributed by atoms with Crippen molar-refractivity contribution in [3.05, 3.63) is 29.6 Å². The number of nitrogens with zero attached hydrogens (tertiary/aromatic N) is 2. The van der Waals surface area contributed by atoms with E-state index in [2.05, 4.69) is 59.4 Å². The molecule has 1 heterocycles. The van der Waals surface area contributed by atoms with Gasteiger partial charge in [0.1, 0.15) is 5.82 Å². The molecule has 1 aromatic carbocycles. The van der Waals surface area contributed by atoms with Crippen molar-refractivity contribution < 1.29 is 0 Å². The highest BCUT2D eigenvalue weighted by Gasteiger charge is 2.02. The number of aromatic amines is 1. The highest BCUT2D eigenvalue weighted by molar-refractivity contribution is 5.75. The van der Waals surface area contributed by atoms with Crippen LogP contribution in [0.3, 0.4) is 0 Å². The molecule has 4 heteroatoms. The van der Waals surface area contributed by atoms with E-state index in [1.807, 2.05) is 0 Å². The standard InChI is InChI=1S/C13H20N4/c1-10-4-5-11-12(8-10)16-13(15-11)9-14-6-7-17(2)3/h4-5,8,14H,6-7,9H2,1-3H3,(H,15,16). The summed E-state index contributed by atoms with van der Waals surface area (Å²) >= 11 is 0. The molecular weight excluding hydrogens is 212 g/mol. The zero-order valence-electron chi connectivity index (χ0n) is 10.7. The van der Waals surface area contributed by atoms with Gasteiger partial charge in [0.25, 0.3) is 0 Å². The highest BCUT2D eigenvalue weighted by atomic mass is 15.1. The van der Waals surface area contributed by atoms with Crippen LogP contribution in [0.5, 0.6) is 0 Å². The molecule has 4 nitrogen and oxygen atoms in total. The van der Waals surface area contributed by atoms with E-state index in [0.717, 1.165) is 36.5 Å². The van der Waals surface area contributed by atoms with Gasteiger partial charge in [0.05, 0.1) is 17.6 Å². The number of aromatic nitrogens is 2. The van der Waals surface area contributed by atoms with E-state index in [-0.39, 0.29) is 0 Å². The Bertz CT molecular complexity index is 487. The highest BCUT2D eigenvalue weighted by Crippen LogP contribution is 2.12. The summed E-state index contributed by atoms with van der Waals surface area (Å²) in [5.41, 5.74) is 3.42. The van der Waals surface area contributed by atoms with Crippen molar-refractivity contribution in [1.82, 2.24) is 20.2 Å². The topological polar surface area (TPSA) is 44.0 Å². The third-order valence-corrected chi connectivity index (χ3v) is 2.71. The Morgan fingerprint density at radius 2 is 2.18 bits per heavy atom. The van der Waals surface area contributed by atoms with Gasteiger partial charge in [0, 0.05) is 13.1 Å². The Balaban J connectivity index is 1.95. The normalized spacial score (nSPS) is 11.5. The van der Waals surface area contributed by atoms with Gasteiger partial charge < -0.3 is 15.2 Å². The van der Waals surface area contributed by atoms with Crippen LogP contribution in [0.25, 0.3) is 11.0 Å². The molecule has 0 aliphatic rings. The molecule has 92 valence electrons. The Morgan fingerprint density at radius 1 is 1.35 bits per heavy atom. The summed E-state index contributed by atoms with van der Waals surface area (Å²) in [6, 6.07) is 6.28. The summed E-state index contributed by atoms with van der Waals surface area (Å²) in [6.45, 7) is 4.90. The second-order valence-corrected chi connectivity index (χ2v) is 4.68. The Labute approximate surface area is 102 Å². The fraction of sp³-hybridized carbons (Fsp3) is 0.462. The van der Waals surface area contributed by atoms with Crippen molar-refractivity contribution in [3.63, 3.8) is 0 Å². The average molecular weight is 232 g/mol. The van der Waals surface area contributed by atoms with Crippen LogP contribution in [-0.4, -0.2) is 42.1 Å². The molecule has 0 radical (unpaired) electrons. The van der Waals surface area contributed by atoms with E-state index in [9.17, 15) is 0 Å². The molecule has 17 heavy (non-hydrogen) atoms. The molecule has 0 saturated heterocycles. The first kappa shape index (κ1) is 12.1. The minimum absolute atomic E-state index is 0.793. The fourth-order valence-electron chi connectivity index (χ4n) is 1.77. The number of aryl methyl sites for hydroxylation is 1. The number of rotatable bonds is 5. The van der Waals surface area contributed by atoms with Gasteiger partial charge in [0.15, 0.2) is 0 Å². The van der Waals surface area contributed by atoms with Crippen LogP contribution in [0.2, 0.25) is 0 Å². The maximum atomic E-state index is 4.54. The number of hydrogen-bond acceptors (Lipinski definition) is 3. The molecule has 0 aliphatic heterocycles. The molecule has 0 atom stereocenters. The van der Waals surface area contributed by atoms with Gasteiger partial charge in [-0.25, -0.2) is 4.98 Å². The van der Waals surface area contributed by atoms with Gasteiger partial charge in [-0.05, 0) is 38.7 Å². The van der Waals surface area contributed by atoms with Gasteiger partial charge in [-0.15, -0.1) is 0 Å². The van der Waals surface area contributed by atoms with E-state index in [1.54, 1.807) is 0 Å². The lowest BCUT2D eigenvalue weighted by atomic mass is 10.2. The molecular formula is C13H20N4. The lowest BCUT2D eigenvalue weighted by Crippen LogP contribution is -2.26. The summed E-state index contributed by atoms with van der Waals surface area (Å²) in [5.74, 6) is 1.00. The van der Waals surface area contributed by atoms with Crippen molar-refractivity contribution in [3.8, 4) is 0 Å². The molecule has 0 fully saturated rings. The lowest BCUT2D eigenvalue weighted by molar-refractivity contribution is 0.399. The van der Waals surface area contributed by atoms with Crippen LogP contribution in [0, 0.1) is 6.92 Å². The maximum Gasteiger partial charge on any atom is 0.121 e. The first-order valence-corrected chi connectivity index (χ1v) is 5.96. The maximum absolute atomic E-state index is 4.54. The molecule has 0 aliphatic carbocycles. The predicted octanol–water partition coefficient (Wildman–Crippen LogP) is 1.52. The Hall–Kier alpha value is -1.39. The summed E-state index contributed by atoms with van der Waals surface area (Å²) in [5, 5.41) is 3.37. The van der Waals surface area contributed by atoms with Crippen molar-refractivity contribution in [1.29, 1.82) is 0 Å². The fourth-order valence-corrected chi connectivity index (χ4v) is 1.77. The van der Waals surface area contributed by atoms with Gasteiger partial charge in [0.2, 0.25) is 0 Å². The van der Waals surface area contributed by atoms with E-state index in [4.69, 9.17) is 0 Å². The largest absolute Gasteiger partial charge is 0.341 e. The second kappa shape index (κ2) is 5.29. The third-order valence-electron chi connectivity index (χ3n) is 2.71. The van der Waals surface area contributed by atoms with Crippen molar-refractivity contribution in [2.24, 2.45) is 0 Å². The lowest BCUT2D eigenvalue weighted by Gasteiger charge is -2.09. The molecule has 0 bridgehead atoms. The number of nitrogens with one attached hydrogen (secondary N) is 2. The number of H-pyrrole nitrogens is 1. The molecule has 0 spiro atoms. The third kappa shape index (κ3) is 3.28.